The van der Waals surface area contributed by atoms with Gasteiger partial charge in [0, 0.05) is 52.1 Å². The van der Waals surface area contributed by atoms with Crippen LogP contribution in [0.5, 0.6) is 0 Å². The Labute approximate surface area is 115 Å². The van der Waals surface area contributed by atoms with E-state index in [0.29, 0.717) is 0 Å². The number of rotatable bonds is 3. The molecule has 3 heterocycles. The summed E-state index contributed by atoms with van der Waals surface area (Å²) in [6, 6.07) is 0. The Morgan fingerprint density at radius 1 is 1.21 bits per heavy atom. The number of piperazine rings is 1. The van der Waals surface area contributed by atoms with Crippen LogP contribution in [0, 0.1) is 0 Å². The molecular weight excluding hydrogens is 238 g/mol. The van der Waals surface area contributed by atoms with E-state index in [1.165, 1.54) is 17.2 Å². The van der Waals surface area contributed by atoms with Gasteiger partial charge in [-0.15, -0.1) is 0 Å². The van der Waals surface area contributed by atoms with Gasteiger partial charge < -0.3 is 15.2 Å². The van der Waals surface area contributed by atoms with Gasteiger partial charge in [0.2, 0.25) is 0 Å². The first-order valence-corrected chi connectivity index (χ1v) is 7.53. The second kappa shape index (κ2) is 5.51. The molecule has 19 heavy (non-hydrogen) atoms. The molecule has 2 aliphatic rings. The van der Waals surface area contributed by atoms with E-state index in [1.54, 1.807) is 0 Å². The molecule has 5 heteroatoms. The lowest BCUT2D eigenvalue weighted by Gasteiger charge is -2.36. The van der Waals surface area contributed by atoms with Crippen LogP contribution in [0.25, 0.3) is 0 Å². The van der Waals surface area contributed by atoms with Crippen molar-refractivity contribution in [3.63, 3.8) is 0 Å². The van der Waals surface area contributed by atoms with Gasteiger partial charge in [-0.05, 0) is 13.5 Å². The molecule has 0 spiro atoms. The van der Waals surface area contributed by atoms with Crippen LogP contribution in [0.1, 0.15) is 30.6 Å². The summed E-state index contributed by atoms with van der Waals surface area (Å²) in [4.78, 5) is 7.28. The third-order valence-electron chi connectivity index (χ3n) is 4.16. The molecule has 106 valence electrons. The van der Waals surface area contributed by atoms with Gasteiger partial charge in [-0.1, -0.05) is 6.92 Å². The molecule has 1 fully saturated rings. The first kappa shape index (κ1) is 12.9. The number of nitrogens with zero attached hydrogens (tertiary/aromatic N) is 4. The summed E-state index contributed by atoms with van der Waals surface area (Å²) in [7, 11) is 2.21. The second-order valence-electron chi connectivity index (χ2n) is 5.67. The van der Waals surface area contributed by atoms with Crippen LogP contribution >= 0.6 is 0 Å². The average Bonchev–Trinajstić information content (AvgIpc) is 2.78. The van der Waals surface area contributed by atoms with Gasteiger partial charge in [0.25, 0.3) is 0 Å². The van der Waals surface area contributed by atoms with E-state index in [-0.39, 0.29) is 0 Å². The van der Waals surface area contributed by atoms with Crippen molar-refractivity contribution in [1.82, 2.24) is 19.9 Å². The lowest BCUT2D eigenvalue weighted by atomic mass is 10.2. The van der Waals surface area contributed by atoms with Crippen molar-refractivity contribution in [2.24, 2.45) is 0 Å². The summed E-state index contributed by atoms with van der Waals surface area (Å²) in [5, 5.41) is 5.93. The maximum Gasteiger partial charge on any atom is 0.128 e. The molecule has 1 aromatic rings. The van der Waals surface area contributed by atoms with Crippen molar-refractivity contribution < 1.29 is 0 Å². The molecular formula is C14H25N5. The van der Waals surface area contributed by atoms with E-state index >= 15 is 0 Å². The number of likely N-dealkylation sites (N-methyl/N-ethyl adjacent to an activating group) is 1. The topological polar surface area (TPSA) is 36.3 Å². The van der Waals surface area contributed by atoms with Gasteiger partial charge >= 0.3 is 0 Å². The van der Waals surface area contributed by atoms with Crippen LogP contribution in [0.2, 0.25) is 0 Å². The van der Waals surface area contributed by atoms with E-state index in [1.807, 2.05) is 0 Å². The third-order valence-corrected chi connectivity index (χ3v) is 4.16. The summed E-state index contributed by atoms with van der Waals surface area (Å²) in [5.41, 5.74) is 2.72. The Kier molecular flexibility index (Phi) is 3.75. The van der Waals surface area contributed by atoms with Gasteiger partial charge in [0.15, 0.2) is 0 Å². The minimum atomic E-state index is 0.937. The van der Waals surface area contributed by atoms with Crippen molar-refractivity contribution in [1.29, 1.82) is 0 Å². The minimum absolute atomic E-state index is 0.937. The monoisotopic (exact) mass is 263 g/mol. The lowest BCUT2D eigenvalue weighted by molar-refractivity contribution is 0.283. The van der Waals surface area contributed by atoms with Crippen LogP contribution in [-0.2, 0) is 19.4 Å². The zero-order valence-electron chi connectivity index (χ0n) is 12.2. The van der Waals surface area contributed by atoms with E-state index in [9.17, 15) is 0 Å². The average molecular weight is 263 g/mol. The molecule has 0 amide bonds. The molecule has 5 nitrogen and oxygen atoms in total. The molecule has 1 aromatic heterocycles. The number of fused-ring (bicyclic) bond motifs is 1. The van der Waals surface area contributed by atoms with Crippen LogP contribution < -0.4 is 10.3 Å². The first-order chi connectivity index (χ1) is 9.29. The Morgan fingerprint density at radius 2 is 2.00 bits per heavy atom. The van der Waals surface area contributed by atoms with E-state index in [2.05, 4.69) is 33.9 Å². The van der Waals surface area contributed by atoms with Gasteiger partial charge in [0.1, 0.15) is 5.82 Å². The normalized spacial score (nSPS) is 20.6. The summed E-state index contributed by atoms with van der Waals surface area (Å²) in [6.07, 6.45) is 3.36. The molecule has 1 N–H and O–H groups in total. The highest BCUT2D eigenvalue weighted by atomic mass is 15.6. The van der Waals surface area contributed by atoms with Crippen molar-refractivity contribution in [3.05, 3.63) is 17.2 Å². The number of aryl methyl sites for hydroxylation is 1. The maximum absolute atomic E-state index is 4.88. The van der Waals surface area contributed by atoms with Crippen molar-refractivity contribution in [2.45, 2.75) is 32.7 Å². The first-order valence-electron chi connectivity index (χ1n) is 7.53. The van der Waals surface area contributed by atoms with Crippen LogP contribution in [0.15, 0.2) is 0 Å². The van der Waals surface area contributed by atoms with Crippen molar-refractivity contribution in [2.75, 3.05) is 44.8 Å². The van der Waals surface area contributed by atoms with Gasteiger partial charge in [-0.3, -0.25) is 0 Å². The molecule has 3 rings (SSSR count). The standard InChI is InChI=1S/C14H25N5/c1-3-4-14-16-12-11-15-6-5-13(12)19(14)18-9-7-17(2)8-10-18/h15H,3-11H2,1-2H3. The molecule has 0 atom stereocenters. The van der Waals surface area contributed by atoms with Crippen LogP contribution in [0.3, 0.4) is 0 Å². The number of hydrogen-bond donors (Lipinski definition) is 1. The highest BCUT2D eigenvalue weighted by Crippen LogP contribution is 2.18. The van der Waals surface area contributed by atoms with E-state index < -0.39 is 0 Å². The Bertz CT molecular complexity index is 431. The Morgan fingerprint density at radius 3 is 2.74 bits per heavy atom. The van der Waals surface area contributed by atoms with Gasteiger partial charge in [-0.25, -0.2) is 9.66 Å². The fraction of sp³-hybridized carbons (Fsp3) is 0.786. The highest BCUT2D eigenvalue weighted by molar-refractivity contribution is 5.23. The molecule has 0 aliphatic carbocycles. The fourth-order valence-electron chi connectivity index (χ4n) is 3.07. The van der Waals surface area contributed by atoms with Gasteiger partial charge in [0.05, 0.1) is 11.4 Å². The largest absolute Gasteiger partial charge is 0.311 e. The smallest absolute Gasteiger partial charge is 0.128 e. The molecule has 0 bridgehead atoms. The van der Waals surface area contributed by atoms with Crippen LogP contribution in [0.4, 0.5) is 0 Å². The summed E-state index contributed by atoms with van der Waals surface area (Å²) in [6.45, 7) is 8.78. The lowest BCUT2D eigenvalue weighted by Crippen LogP contribution is -2.51. The Balaban J connectivity index is 1.91. The number of imidazole rings is 1. The second-order valence-corrected chi connectivity index (χ2v) is 5.67. The molecule has 0 unspecified atom stereocenters. The predicted molar refractivity (Wildman–Crippen MR) is 77.1 cm³/mol. The maximum atomic E-state index is 4.88. The van der Waals surface area contributed by atoms with E-state index in [4.69, 9.17) is 4.98 Å². The fourth-order valence-corrected chi connectivity index (χ4v) is 3.07. The molecule has 2 aliphatic heterocycles. The van der Waals surface area contributed by atoms with E-state index in [0.717, 1.165) is 58.5 Å². The Hall–Kier alpha value is -1.07. The molecule has 0 aromatic carbocycles. The molecule has 1 saturated heterocycles. The molecule has 0 radical (unpaired) electrons. The number of aromatic nitrogens is 2. The highest BCUT2D eigenvalue weighted by Gasteiger charge is 2.24. The quantitative estimate of drug-likeness (QED) is 0.854. The zero-order valence-corrected chi connectivity index (χ0v) is 12.2. The van der Waals surface area contributed by atoms with Crippen molar-refractivity contribution in [3.8, 4) is 0 Å². The molecule has 0 saturated carbocycles. The number of nitrogens with one attached hydrogen (secondary N) is 1. The summed E-state index contributed by atoms with van der Waals surface area (Å²) < 4.78 is 2.45. The SMILES string of the molecule is CCCc1nc2c(n1N1CCN(C)CC1)CCNC2. The number of hydrogen-bond acceptors (Lipinski definition) is 4. The predicted octanol–water partition coefficient (Wildman–Crippen LogP) is 0.365. The summed E-state index contributed by atoms with van der Waals surface area (Å²) in [5.74, 6) is 1.26. The third kappa shape index (κ3) is 2.49. The summed E-state index contributed by atoms with van der Waals surface area (Å²) >= 11 is 0. The zero-order chi connectivity index (χ0) is 13.2. The van der Waals surface area contributed by atoms with Crippen LogP contribution in [-0.4, -0.2) is 54.3 Å². The van der Waals surface area contributed by atoms with Crippen molar-refractivity contribution >= 4 is 0 Å². The van der Waals surface area contributed by atoms with Gasteiger partial charge in [-0.2, -0.15) is 0 Å². The minimum Gasteiger partial charge on any atom is -0.311 e.